The summed E-state index contributed by atoms with van der Waals surface area (Å²) in [4.78, 5) is 31.3. The van der Waals surface area contributed by atoms with Crippen LogP contribution in [-0.4, -0.2) is 22.3 Å². The minimum absolute atomic E-state index is 0.0784. The Bertz CT molecular complexity index is 1100. The third kappa shape index (κ3) is 3.16. The smallest absolute Gasteiger partial charge is 0.262 e. The molecule has 7 nitrogen and oxygen atoms in total. The second-order valence-electron chi connectivity index (χ2n) is 6.54. The van der Waals surface area contributed by atoms with Gasteiger partial charge in [0.2, 0.25) is 12.7 Å². The predicted molar refractivity (Wildman–Crippen MR) is 102 cm³/mol. The van der Waals surface area contributed by atoms with Crippen LogP contribution in [0.2, 0.25) is 0 Å². The molecule has 0 unspecified atom stereocenters. The summed E-state index contributed by atoms with van der Waals surface area (Å²) in [5.74, 6) is 1.11. The molecule has 1 N–H and O–H groups in total. The van der Waals surface area contributed by atoms with Crippen molar-refractivity contribution in [3.8, 4) is 11.5 Å². The van der Waals surface area contributed by atoms with E-state index < -0.39 is 0 Å². The number of carbonyl (C=O) groups excluding carboxylic acids is 1. The van der Waals surface area contributed by atoms with E-state index in [0.717, 1.165) is 16.0 Å². The lowest BCUT2D eigenvalue weighted by Crippen LogP contribution is -2.34. The lowest BCUT2D eigenvalue weighted by molar-refractivity contribution is -0.122. The maximum Gasteiger partial charge on any atom is 0.262 e. The van der Waals surface area contributed by atoms with E-state index in [4.69, 9.17) is 9.47 Å². The number of aromatic nitrogens is 2. The molecule has 1 amide bonds. The molecule has 3 aromatic rings. The van der Waals surface area contributed by atoms with E-state index in [1.54, 1.807) is 0 Å². The number of amides is 1. The number of thiophene rings is 1. The summed E-state index contributed by atoms with van der Waals surface area (Å²) >= 11 is 1.49. The molecule has 3 heterocycles. The quantitative estimate of drug-likeness (QED) is 0.747. The summed E-state index contributed by atoms with van der Waals surface area (Å²) < 4.78 is 12.0. The Hall–Kier alpha value is -2.87. The van der Waals surface area contributed by atoms with Crippen molar-refractivity contribution in [3.63, 3.8) is 0 Å². The van der Waals surface area contributed by atoms with Gasteiger partial charge < -0.3 is 14.8 Å². The number of hydrogen-bond donors (Lipinski definition) is 1. The Morgan fingerprint density at radius 2 is 2.11 bits per heavy atom. The summed E-state index contributed by atoms with van der Waals surface area (Å²) in [5, 5.41) is 3.50. The van der Waals surface area contributed by atoms with Crippen LogP contribution in [0.5, 0.6) is 11.5 Å². The van der Waals surface area contributed by atoms with E-state index in [-0.39, 0.29) is 30.8 Å². The van der Waals surface area contributed by atoms with Crippen LogP contribution in [0.1, 0.15) is 29.0 Å². The molecule has 4 rings (SSSR count). The van der Waals surface area contributed by atoms with E-state index in [1.165, 1.54) is 22.2 Å². The highest BCUT2D eigenvalue weighted by atomic mass is 32.1. The zero-order valence-electron chi connectivity index (χ0n) is 15.2. The highest BCUT2D eigenvalue weighted by Gasteiger charge is 2.18. The number of nitrogens with one attached hydrogen (secondary N) is 1. The fraction of sp³-hybridized carbons (Fsp3) is 0.316. The van der Waals surface area contributed by atoms with Gasteiger partial charge in [-0.1, -0.05) is 6.07 Å². The number of hydrogen-bond acceptors (Lipinski definition) is 6. The van der Waals surface area contributed by atoms with E-state index >= 15 is 0 Å². The molecule has 27 heavy (non-hydrogen) atoms. The number of aryl methyl sites for hydroxylation is 2. The Labute approximate surface area is 159 Å². The predicted octanol–water partition coefficient (Wildman–Crippen LogP) is 2.68. The first kappa shape index (κ1) is 17.5. The molecule has 1 aliphatic heterocycles. The van der Waals surface area contributed by atoms with Crippen LogP contribution in [0.25, 0.3) is 10.2 Å². The van der Waals surface area contributed by atoms with Crippen molar-refractivity contribution in [2.24, 2.45) is 0 Å². The molecule has 0 aliphatic carbocycles. The number of fused-ring (bicyclic) bond motifs is 2. The summed E-state index contributed by atoms with van der Waals surface area (Å²) in [7, 11) is 0. The van der Waals surface area contributed by atoms with Gasteiger partial charge in [-0.15, -0.1) is 11.3 Å². The second-order valence-corrected chi connectivity index (χ2v) is 7.75. The second kappa shape index (κ2) is 6.70. The SMILES string of the molecule is Cc1sc2ncn(CC(=O)N[C@H](C)c3ccc4c(c3)OCO4)c(=O)c2c1C. The molecule has 1 atom stereocenters. The van der Waals surface area contributed by atoms with Crippen molar-refractivity contribution in [3.05, 3.63) is 50.9 Å². The number of benzene rings is 1. The summed E-state index contributed by atoms with van der Waals surface area (Å²) in [5.41, 5.74) is 1.64. The molecule has 0 fully saturated rings. The molecule has 0 saturated heterocycles. The van der Waals surface area contributed by atoms with E-state index in [0.29, 0.717) is 21.7 Å². The van der Waals surface area contributed by atoms with Gasteiger partial charge in [0.1, 0.15) is 11.4 Å². The van der Waals surface area contributed by atoms with Gasteiger partial charge in [0, 0.05) is 4.88 Å². The number of rotatable bonds is 4. The van der Waals surface area contributed by atoms with Crippen molar-refractivity contribution in [1.82, 2.24) is 14.9 Å². The van der Waals surface area contributed by atoms with E-state index in [2.05, 4.69) is 10.3 Å². The largest absolute Gasteiger partial charge is 0.454 e. The van der Waals surface area contributed by atoms with Gasteiger partial charge in [0.25, 0.3) is 5.56 Å². The lowest BCUT2D eigenvalue weighted by atomic mass is 10.1. The normalized spacial score (nSPS) is 13.7. The Kier molecular flexibility index (Phi) is 4.35. The molecule has 1 aromatic carbocycles. The maximum absolute atomic E-state index is 12.7. The summed E-state index contributed by atoms with van der Waals surface area (Å²) in [6.45, 7) is 5.88. The molecule has 0 saturated carbocycles. The van der Waals surface area contributed by atoms with Crippen LogP contribution in [-0.2, 0) is 11.3 Å². The molecule has 8 heteroatoms. The van der Waals surface area contributed by atoms with Crippen molar-refractivity contribution in [2.45, 2.75) is 33.4 Å². The van der Waals surface area contributed by atoms with Gasteiger partial charge in [-0.3, -0.25) is 14.2 Å². The molecule has 1 aliphatic rings. The van der Waals surface area contributed by atoms with Crippen LogP contribution < -0.4 is 20.3 Å². The Morgan fingerprint density at radius 3 is 2.93 bits per heavy atom. The van der Waals surface area contributed by atoms with Crippen LogP contribution in [0, 0.1) is 13.8 Å². The zero-order chi connectivity index (χ0) is 19.1. The van der Waals surface area contributed by atoms with Crippen molar-refractivity contribution >= 4 is 27.5 Å². The fourth-order valence-corrected chi connectivity index (χ4v) is 4.08. The summed E-state index contributed by atoms with van der Waals surface area (Å²) in [6, 6.07) is 5.33. The Morgan fingerprint density at radius 1 is 1.33 bits per heavy atom. The number of nitrogens with zero attached hydrogens (tertiary/aromatic N) is 2. The molecule has 0 radical (unpaired) electrons. The minimum atomic E-state index is -0.256. The highest BCUT2D eigenvalue weighted by Crippen LogP contribution is 2.34. The van der Waals surface area contributed by atoms with Gasteiger partial charge in [0.05, 0.1) is 17.8 Å². The lowest BCUT2D eigenvalue weighted by Gasteiger charge is -2.15. The first-order chi connectivity index (χ1) is 12.9. The average molecular weight is 385 g/mol. The average Bonchev–Trinajstić information content (AvgIpc) is 3.21. The van der Waals surface area contributed by atoms with E-state index in [1.807, 2.05) is 39.0 Å². The van der Waals surface area contributed by atoms with Crippen LogP contribution in [0.4, 0.5) is 0 Å². The maximum atomic E-state index is 12.7. The molecule has 2 aromatic heterocycles. The van der Waals surface area contributed by atoms with Crippen LogP contribution in [0.15, 0.2) is 29.3 Å². The minimum Gasteiger partial charge on any atom is -0.454 e. The standard InChI is InChI=1S/C19H19N3O4S/c1-10-12(3)27-18-17(10)19(24)22(8-20-18)7-16(23)21-11(2)13-4-5-14-15(6-13)26-9-25-14/h4-6,8,11H,7,9H2,1-3H3,(H,21,23)/t11-/m1/s1. The van der Waals surface area contributed by atoms with Crippen molar-refractivity contribution in [2.75, 3.05) is 6.79 Å². The summed E-state index contributed by atoms with van der Waals surface area (Å²) in [6.07, 6.45) is 1.44. The molecule has 140 valence electrons. The van der Waals surface area contributed by atoms with Crippen molar-refractivity contribution in [1.29, 1.82) is 0 Å². The Balaban J connectivity index is 1.51. The third-order valence-electron chi connectivity index (χ3n) is 4.74. The number of ether oxygens (including phenoxy) is 2. The monoisotopic (exact) mass is 385 g/mol. The van der Waals surface area contributed by atoms with Crippen LogP contribution in [0.3, 0.4) is 0 Å². The van der Waals surface area contributed by atoms with Gasteiger partial charge in [0.15, 0.2) is 11.5 Å². The van der Waals surface area contributed by atoms with Gasteiger partial charge >= 0.3 is 0 Å². The highest BCUT2D eigenvalue weighted by molar-refractivity contribution is 7.18. The van der Waals surface area contributed by atoms with Gasteiger partial charge in [-0.25, -0.2) is 4.98 Å². The fourth-order valence-electron chi connectivity index (χ4n) is 3.09. The molecular formula is C19H19N3O4S. The molecule has 0 spiro atoms. The topological polar surface area (TPSA) is 82.5 Å². The third-order valence-corrected chi connectivity index (χ3v) is 5.86. The van der Waals surface area contributed by atoms with Gasteiger partial charge in [-0.05, 0) is 44.0 Å². The first-order valence-corrected chi connectivity index (χ1v) is 9.39. The molecular weight excluding hydrogens is 366 g/mol. The van der Waals surface area contributed by atoms with Crippen molar-refractivity contribution < 1.29 is 14.3 Å². The van der Waals surface area contributed by atoms with Crippen LogP contribution >= 0.6 is 11.3 Å². The van der Waals surface area contributed by atoms with E-state index in [9.17, 15) is 9.59 Å². The number of carbonyl (C=O) groups is 1. The zero-order valence-corrected chi connectivity index (χ0v) is 16.1. The molecule has 0 bridgehead atoms. The van der Waals surface area contributed by atoms with Gasteiger partial charge in [-0.2, -0.15) is 0 Å². The first-order valence-electron chi connectivity index (χ1n) is 8.58.